The average molecular weight is 338 g/mol. The van der Waals surface area contributed by atoms with Gasteiger partial charge in [0.25, 0.3) is 0 Å². The Morgan fingerprint density at radius 3 is 1.12 bits per heavy atom. The Balaban J connectivity index is 1.82. The van der Waals surface area contributed by atoms with Gasteiger partial charge in [0.2, 0.25) is 23.6 Å². The van der Waals surface area contributed by atoms with Gasteiger partial charge in [0.15, 0.2) is 0 Å². The molecule has 2 fully saturated rings. The maximum Gasteiger partial charge on any atom is 0.243 e. The Morgan fingerprint density at radius 2 is 0.875 bits per heavy atom. The topological polar surface area (TPSA) is 81.2 Å². The zero-order valence-corrected chi connectivity index (χ0v) is 14.5. The summed E-state index contributed by atoms with van der Waals surface area (Å²) in [5.41, 5.74) is 0. The van der Waals surface area contributed by atoms with Crippen molar-refractivity contribution in [3.8, 4) is 0 Å². The van der Waals surface area contributed by atoms with Gasteiger partial charge in [-0.05, 0) is 12.8 Å². The summed E-state index contributed by atoms with van der Waals surface area (Å²) in [7, 11) is 0. The van der Waals surface area contributed by atoms with E-state index in [4.69, 9.17) is 0 Å². The number of hydrogen-bond donors (Lipinski definition) is 0. The molecule has 2 rings (SSSR count). The van der Waals surface area contributed by atoms with E-state index in [0.717, 1.165) is 12.8 Å². The molecule has 4 amide bonds. The molecule has 0 unspecified atom stereocenters. The minimum absolute atomic E-state index is 0.173. The minimum Gasteiger partial charge on any atom is -0.284 e. The summed E-state index contributed by atoms with van der Waals surface area (Å²) < 4.78 is 0. The fourth-order valence-corrected chi connectivity index (χ4v) is 3.04. The first kappa shape index (κ1) is 18.5. The maximum absolute atomic E-state index is 12.0. The van der Waals surface area contributed by atoms with E-state index in [1.54, 1.807) is 9.80 Å². The Morgan fingerprint density at radius 1 is 0.583 bits per heavy atom. The van der Waals surface area contributed by atoms with Crippen molar-refractivity contribution >= 4 is 23.6 Å². The van der Waals surface area contributed by atoms with Crippen LogP contribution in [0.4, 0.5) is 0 Å². The summed E-state index contributed by atoms with van der Waals surface area (Å²) in [6, 6.07) is 0. The van der Waals surface area contributed by atoms with Crippen molar-refractivity contribution in [2.75, 3.05) is 52.4 Å². The number of amides is 4. The number of piperazine rings is 2. The van der Waals surface area contributed by atoms with Gasteiger partial charge < -0.3 is 0 Å². The predicted octanol–water partition coefficient (Wildman–Crippen LogP) is -0.852. The van der Waals surface area contributed by atoms with Gasteiger partial charge in [-0.15, -0.1) is 0 Å². The van der Waals surface area contributed by atoms with E-state index in [9.17, 15) is 19.2 Å². The van der Waals surface area contributed by atoms with Crippen LogP contribution in [0.5, 0.6) is 0 Å². The number of nitrogens with zero attached hydrogens (tertiary/aromatic N) is 4. The number of carbonyl (C=O) groups excluding carboxylic acids is 4. The molecule has 2 heterocycles. The average Bonchev–Trinajstić information content (AvgIpc) is 2.52. The van der Waals surface area contributed by atoms with Gasteiger partial charge in [-0.2, -0.15) is 0 Å². The van der Waals surface area contributed by atoms with Crippen LogP contribution in [0.15, 0.2) is 0 Å². The molecule has 0 atom stereocenters. The molecule has 0 aromatic rings. The predicted molar refractivity (Wildman–Crippen MR) is 86.9 cm³/mol. The highest BCUT2D eigenvalue weighted by Gasteiger charge is 2.33. The Labute approximate surface area is 142 Å². The van der Waals surface area contributed by atoms with Crippen LogP contribution in [0.2, 0.25) is 0 Å². The van der Waals surface area contributed by atoms with Crippen LogP contribution in [0.1, 0.15) is 26.7 Å². The first-order valence-corrected chi connectivity index (χ1v) is 8.57. The maximum atomic E-state index is 12.0. The van der Waals surface area contributed by atoms with E-state index >= 15 is 0 Å². The lowest BCUT2D eigenvalue weighted by Gasteiger charge is -2.36. The normalized spacial score (nSPS) is 21.1. The van der Waals surface area contributed by atoms with Crippen LogP contribution >= 0.6 is 0 Å². The van der Waals surface area contributed by atoms with Gasteiger partial charge in [0, 0.05) is 26.2 Å². The molecule has 0 aromatic carbocycles. The molecule has 2 aliphatic rings. The molecule has 8 heteroatoms. The Hall–Kier alpha value is -1.80. The molecule has 0 aliphatic carbocycles. The third-order valence-electron chi connectivity index (χ3n) is 4.27. The SMILES string of the molecule is CCCN1C(=O)CN(CCN2CC(=O)N(CCC)C(=O)C2)CC1=O. The second kappa shape index (κ2) is 8.34. The standard InChI is InChI=1S/C16H26N4O4/c1-3-5-19-13(21)9-17(10-14(19)22)7-8-18-11-15(23)20(6-4-2)16(24)12-18/h3-12H2,1-2H3. The number of carbonyl (C=O) groups is 4. The molecule has 24 heavy (non-hydrogen) atoms. The van der Waals surface area contributed by atoms with Crippen LogP contribution in [0, 0.1) is 0 Å². The molecule has 0 spiro atoms. The zero-order valence-electron chi connectivity index (χ0n) is 14.5. The lowest BCUT2D eigenvalue weighted by atomic mass is 10.2. The fraction of sp³-hybridized carbons (Fsp3) is 0.750. The lowest BCUT2D eigenvalue weighted by Crippen LogP contribution is -2.57. The molecule has 2 aliphatic heterocycles. The van der Waals surface area contributed by atoms with Gasteiger partial charge in [-0.3, -0.25) is 38.8 Å². The highest BCUT2D eigenvalue weighted by molar-refractivity contribution is 6.00. The van der Waals surface area contributed by atoms with Crippen LogP contribution in [-0.4, -0.2) is 95.6 Å². The van der Waals surface area contributed by atoms with E-state index in [1.807, 2.05) is 13.8 Å². The van der Waals surface area contributed by atoms with E-state index in [1.165, 1.54) is 9.80 Å². The van der Waals surface area contributed by atoms with Crippen molar-refractivity contribution < 1.29 is 19.2 Å². The van der Waals surface area contributed by atoms with E-state index < -0.39 is 0 Å². The van der Waals surface area contributed by atoms with Crippen LogP contribution in [-0.2, 0) is 19.2 Å². The Bertz CT molecular complexity index is 440. The van der Waals surface area contributed by atoms with Crippen molar-refractivity contribution in [1.82, 2.24) is 19.6 Å². The smallest absolute Gasteiger partial charge is 0.243 e. The minimum atomic E-state index is -0.173. The quantitative estimate of drug-likeness (QED) is 0.563. The zero-order chi connectivity index (χ0) is 17.7. The van der Waals surface area contributed by atoms with Gasteiger partial charge in [-0.1, -0.05) is 13.8 Å². The molecule has 0 N–H and O–H groups in total. The highest BCUT2D eigenvalue weighted by Crippen LogP contribution is 2.09. The summed E-state index contributed by atoms with van der Waals surface area (Å²) in [6.45, 7) is 6.62. The molecular weight excluding hydrogens is 312 g/mol. The van der Waals surface area contributed by atoms with Crippen LogP contribution in [0.3, 0.4) is 0 Å². The number of rotatable bonds is 7. The number of hydrogen-bond acceptors (Lipinski definition) is 6. The third-order valence-corrected chi connectivity index (χ3v) is 4.27. The van der Waals surface area contributed by atoms with Gasteiger partial charge >= 0.3 is 0 Å². The second-order valence-corrected chi connectivity index (χ2v) is 6.30. The molecule has 134 valence electrons. The largest absolute Gasteiger partial charge is 0.284 e. The summed E-state index contributed by atoms with van der Waals surface area (Å²) in [5, 5.41) is 0. The van der Waals surface area contributed by atoms with Crippen molar-refractivity contribution in [1.29, 1.82) is 0 Å². The molecule has 8 nitrogen and oxygen atoms in total. The third kappa shape index (κ3) is 4.39. The fourth-order valence-electron chi connectivity index (χ4n) is 3.04. The molecule has 2 saturated heterocycles. The first-order valence-electron chi connectivity index (χ1n) is 8.57. The molecule has 0 bridgehead atoms. The van der Waals surface area contributed by atoms with Gasteiger partial charge in [-0.25, -0.2) is 0 Å². The Kier molecular flexibility index (Phi) is 6.44. The van der Waals surface area contributed by atoms with Crippen molar-refractivity contribution in [3.63, 3.8) is 0 Å². The van der Waals surface area contributed by atoms with Crippen molar-refractivity contribution in [3.05, 3.63) is 0 Å². The number of imide groups is 2. The van der Waals surface area contributed by atoms with Crippen molar-refractivity contribution in [2.45, 2.75) is 26.7 Å². The van der Waals surface area contributed by atoms with Crippen LogP contribution in [0.25, 0.3) is 0 Å². The summed E-state index contributed by atoms with van der Waals surface area (Å²) in [4.78, 5) is 54.2. The van der Waals surface area contributed by atoms with Crippen LogP contribution < -0.4 is 0 Å². The lowest BCUT2D eigenvalue weighted by molar-refractivity contribution is -0.154. The van der Waals surface area contributed by atoms with Gasteiger partial charge in [0.05, 0.1) is 26.2 Å². The first-order chi connectivity index (χ1) is 11.5. The summed E-state index contributed by atoms with van der Waals surface area (Å²) >= 11 is 0. The van der Waals surface area contributed by atoms with E-state index in [-0.39, 0.29) is 49.8 Å². The second-order valence-electron chi connectivity index (χ2n) is 6.30. The molecule has 0 saturated carbocycles. The van der Waals surface area contributed by atoms with Gasteiger partial charge in [0.1, 0.15) is 0 Å². The molecule has 0 radical (unpaired) electrons. The van der Waals surface area contributed by atoms with Crippen molar-refractivity contribution in [2.24, 2.45) is 0 Å². The highest BCUT2D eigenvalue weighted by atomic mass is 16.2. The van der Waals surface area contributed by atoms with E-state index in [2.05, 4.69) is 0 Å². The van der Waals surface area contributed by atoms with E-state index in [0.29, 0.717) is 26.2 Å². The molecular formula is C16H26N4O4. The summed E-state index contributed by atoms with van der Waals surface area (Å²) in [5.74, 6) is -0.693. The summed E-state index contributed by atoms with van der Waals surface area (Å²) in [6.07, 6.45) is 1.51. The monoisotopic (exact) mass is 338 g/mol. The molecule has 0 aromatic heterocycles.